The van der Waals surface area contributed by atoms with Gasteiger partial charge in [-0.2, -0.15) is 10.5 Å². The Morgan fingerprint density at radius 1 is 0.450 bits per heavy atom. The van der Waals surface area contributed by atoms with Crippen LogP contribution in [0.25, 0.3) is 0 Å². The Kier molecular flexibility index (Phi) is 5.11. The highest BCUT2D eigenvalue weighted by atomic mass is 15.2. The molecule has 4 heteroatoms. The first kappa shape index (κ1) is 23.8. The molecule has 7 rings (SSSR count). The van der Waals surface area contributed by atoms with Crippen molar-refractivity contribution in [3.8, 4) is 12.1 Å². The molecule has 0 fully saturated rings. The summed E-state index contributed by atoms with van der Waals surface area (Å²) in [5.74, 6) is 0. The quantitative estimate of drug-likeness (QED) is 0.236. The first-order valence-corrected chi connectivity index (χ1v) is 13.4. The maximum atomic E-state index is 10.4. The molecule has 5 aromatic rings. The van der Waals surface area contributed by atoms with Crippen LogP contribution in [0, 0.1) is 22.7 Å². The van der Waals surface area contributed by atoms with Crippen LogP contribution in [-0.2, 0) is 10.8 Å². The van der Waals surface area contributed by atoms with Crippen LogP contribution in [-0.4, -0.2) is 0 Å². The van der Waals surface area contributed by atoms with E-state index in [4.69, 9.17) is 0 Å². The van der Waals surface area contributed by atoms with E-state index in [1.807, 2.05) is 62.4 Å². The number of anilines is 6. The molecular formula is C36H26N4. The lowest BCUT2D eigenvalue weighted by Crippen LogP contribution is -2.32. The van der Waals surface area contributed by atoms with E-state index < -0.39 is 10.8 Å². The van der Waals surface area contributed by atoms with Crippen LogP contribution in [0.5, 0.6) is 0 Å². The van der Waals surface area contributed by atoms with Gasteiger partial charge in [-0.15, -0.1) is 0 Å². The number of hydrogen-bond donors (Lipinski definition) is 0. The van der Waals surface area contributed by atoms with E-state index in [-0.39, 0.29) is 0 Å². The van der Waals surface area contributed by atoms with Gasteiger partial charge in [-0.3, -0.25) is 0 Å². The van der Waals surface area contributed by atoms with Crippen LogP contribution in [0.3, 0.4) is 0 Å². The molecular weight excluding hydrogens is 488 g/mol. The normalized spacial score (nSPS) is 15.5. The highest BCUT2D eigenvalue weighted by Gasteiger charge is 2.42. The van der Waals surface area contributed by atoms with Crippen LogP contribution in [0.15, 0.2) is 121 Å². The summed E-state index contributed by atoms with van der Waals surface area (Å²) in [6.45, 7) is 4.01. The second-order valence-corrected chi connectivity index (χ2v) is 10.7. The third-order valence-corrected chi connectivity index (χ3v) is 8.53. The third kappa shape index (κ3) is 3.11. The maximum Gasteiger partial charge on any atom is 0.108 e. The van der Waals surface area contributed by atoms with E-state index in [1.165, 1.54) is 0 Å². The number of nitrogens with zero attached hydrogens (tertiary/aromatic N) is 4. The Hall–Kier alpha value is -5.32. The van der Waals surface area contributed by atoms with Crippen molar-refractivity contribution >= 4 is 34.1 Å². The van der Waals surface area contributed by atoms with Crippen molar-refractivity contribution in [2.45, 2.75) is 24.7 Å². The van der Waals surface area contributed by atoms with Gasteiger partial charge in [0.2, 0.25) is 0 Å². The van der Waals surface area contributed by atoms with E-state index in [9.17, 15) is 10.5 Å². The molecule has 0 saturated heterocycles. The summed E-state index contributed by atoms with van der Waals surface area (Å²) in [6.07, 6.45) is 0. The number of fused-ring (bicyclic) bond motifs is 4. The molecule has 0 spiro atoms. The SMILES string of the molecule is CC1(C#N)c2ccccc2N(c2cccc(N3c4ccccc4C(C)(C#N)c4ccccc43)c2)c2ccccc21. The predicted octanol–water partition coefficient (Wildman–Crippen LogP) is 8.91. The number of nitriles is 2. The fourth-order valence-corrected chi connectivity index (χ4v) is 6.48. The Bertz CT molecular complexity index is 1660. The van der Waals surface area contributed by atoms with E-state index in [2.05, 4.69) is 94.7 Å². The van der Waals surface area contributed by atoms with Gasteiger partial charge in [0.25, 0.3) is 0 Å². The largest absolute Gasteiger partial charge is 0.310 e. The third-order valence-electron chi connectivity index (χ3n) is 8.53. The monoisotopic (exact) mass is 514 g/mol. The molecule has 40 heavy (non-hydrogen) atoms. The minimum Gasteiger partial charge on any atom is -0.310 e. The molecule has 4 nitrogen and oxygen atoms in total. The lowest BCUT2D eigenvalue weighted by atomic mass is 9.73. The van der Waals surface area contributed by atoms with Crippen LogP contribution >= 0.6 is 0 Å². The Morgan fingerprint density at radius 2 is 0.750 bits per heavy atom. The van der Waals surface area contributed by atoms with Gasteiger partial charge in [-0.25, -0.2) is 0 Å². The molecule has 0 unspecified atom stereocenters. The van der Waals surface area contributed by atoms with Gasteiger partial charge in [-0.05, 0) is 56.3 Å². The van der Waals surface area contributed by atoms with Crippen molar-refractivity contribution in [1.29, 1.82) is 10.5 Å². The number of para-hydroxylation sites is 4. The first-order valence-electron chi connectivity index (χ1n) is 13.4. The molecule has 2 aliphatic rings. The molecule has 2 heterocycles. The van der Waals surface area contributed by atoms with Crippen LogP contribution in [0.2, 0.25) is 0 Å². The summed E-state index contributed by atoms with van der Waals surface area (Å²) >= 11 is 0. The molecule has 0 N–H and O–H groups in total. The van der Waals surface area contributed by atoms with Gasteiger partial charge in [-0.1, -0.05) is 78.9 Å². The number of hydrogen-bond acceptors (Lipinski definition) is 4. The summed E-state index contributed by atoms with van der Waals surface area (Å²) < 4.78 is 0. The lowest BCUT2D eigenvalue weighted by molar-refractivity contribution is 0.726. The molecule has 0 amide bonds. The van der Waals surface area contributed by atoms with Gasteiger partial charge >= 0.3 is 0 Å². The van der Waals surface area contributed by atoms with Gasteiger partial charge in [0.05, 0.1) is 34.9 Å². The van der Waals surface area contributed by atoms with E-state index in [1.54, 1.807) is 0 Å². The smallest absolute Gasteiger partial charge is 0.108 e. The minimum atomic E-state index is -0.756. The van der Waals surface area contributed by atoms with E-state index >= 15 is 0 Å². The van der Waals surface area contributed by atoms with Crippen molar-refractivity contribution in [2.24, 2.45) is 0 Å². The zero-order valence-electron chi connectivity index (χ0n) is 22.3. The second-order valence-electron chi connectivity index (χ2n) is 10.7. The second kappa shape index (κ2) is 8.60. The van der Waals surface area contributed by atoms with Crippen molar-refractivity contribution in [3.05, 3.63) is 144 Å². The Labute approximate surface area is 234 Å². The zero-order valence-corrected chi connectivity index (χ0v) is 22.3. The molecule has 0 saturated carbocycles. The van der Waals surface area contributed by atoms with E-state index in [0.717, 1.165) is 56.4 Å². The van der Waals surface area contributed by atoms with Crippen molar-refractivity contribution in [1.82, 2.24) is 0 Å². The predicted molar refractivity (Wildman–Crippen MR) is 160 cm³/mol. The molecule has 0 atom stereocenters. The summed E-state index contributed by atoms with van der Waals surface area (Å²) in [7, 11) is 0. The first-order chi connectivity index (χ1) is 19.5. The topological polar surface area (TPSA) is 54.1 Å². The fourth-order valence-electron chi connectivity index (χ4n) is 6.48. The molecule has 2 aliphatic heterocycles. The highest BCUT2D eigenvalue weighted by Crippen LogP contribution is 2.54. The summed E-state index contributed by atoms with van der Waals surface area (Å²) in [5, 5.41) is 20.7. The average Bonchev–Trinajstić information content (AvgIpc) is 3.02. The Morgan fingerprint density at radius 3 is 1.05 bits per heavy atom. The van der Waals surface area contributed by atoms with Gasteiger partial charge < -0.3 is 9.80 Å². The minimum absolute atomic E-state index is 0.756. The van der Waals surface area contributed by atoms with Crippen molar-refractivity contribution in [2.75, 3.05) is 9.80 Å². The molecule has 190 valence electrons. The molecule has 0 aromatic heterocycles. The van der Waals surface area contributed by atoms with Crippen LogP contribution in [0.4, 0.5) is 34.1 Å². The van der Waals surface area contributed by atoms with Crippen LogP contribution < -0.4 is 9.80 Å². The Balaban J connectivity index is 1.46. The summed E-state index contributed by atoms with van der Waals surface area (Å²) in [5.41, 5.74) is 8.43. The average molecular weight is 515 g/mol. The van der Waals surface area contributed by atoms with Gasteiger partial charge in [0.15, 0.2) is 0 Å². The van der Waals surface area contributed by atoms with Gasteiger partial charge in [0, 0.05) is 33.6 Å². The fraction of sp³-hybridized carbons (Fsp3) is 0.111. The number of benzene rings is 5. The highest BCUT2D eigenvalue weighted by molar-refractivity contribution is 5.91. The van der Waals surface area contributed by atoms with Crippen molar-refractivity contribution < 1.29 is 0 Å². The number of rotatable bonds is 2. The molecule has 5 aromatic carbocycles. The van der Waals surface area contributed by atoms with Crippen LogP contribution in [0.1, 0.15) is 36.1 Å². The summed E-state index contributed by atoms with van der Waals surface area (Å²) in [4.78, 5) is 4.52. The lowest BCUT2D eigenvalue weighted by Gasteiger charge is -2.42. The molecule has 0 aliphatic carbocycles. The maximum absolute atomic E-state index is 10.4. The molecule has 0 bridgehead atoms. The van der Waals surface area contributed by atoms with E-state index in [0.29, 0.717) is 0 Å². The summed E-state index contributed by atoms with van der Waals surface area (Å²) in [6, 6.07) is 46.5. The zero-order chi connectivity index (χ0) is 27.5. The molecule has 0 radical (unpaired) electrons. The standard InChI is InChI=1S/C36H26N4/c1-35(23-37)27-14-3-7-18-31(27)39(32-19-8-4-15-28(32)35)25-12-11-13-26(22-25)40-33-20-9-5-16-29(33)36(2,24-38)30-17-6-10-21-34(30)40/h3-22H,1-2H3. The van der Waals surface area contributed by atoms with Gasteiger partial charge in [0.1, 0.15) is 10.8 Å². The van der Waals surface area contributed by atoms with Crippen molar-refractivity contribution in [3.63, 3.8) is 0 Å².